The Labute approximate surface area is 140 Å². The zero-order valence-electron chi connectivity index (χ0n) is 12.7. The van der Waals surface area contributed by atoms with Gasteiger partial charge in [-0.15, -0.1) is 0 Å². The summed E-state index contributed by atoms with van der Waals surface area (Å²) in [5, 5.41) is 0.357. The van der Waals surface area contributed by atoms with E-state index < -0.39 is 9.84 Å². The molecule has 0 aliphatic rings. The molecule has 0 radical (unpaired) electrons. The average molecular weight is 347 g/mol. The molecule has 0 amide bonds. The number of hydrogen-bond acceptors (Lipinski definition) is 3. The molecule has 0 saturated heterocycles. The third-order valence-corrected chi connectivity index (χ3v) is 4.98. The van der Waals surface area contributed by atoms with Crippen LogP contribution in [0.2, 0.25) is 5.28 Å². The maximum absolute atomic E-state index is 11.6. The fourth-order valence-electron chi connectivity index (χ4n) is 2.35. The van der Waals surface area contributed by atoms with Crippen molar-refractivity contribution >= 4 is 21.4 Å². The number of rotatable bonds is 3. The van der Waals surface area contributed by atoms with E-state index in [0.717, 1.165) is 22.5 Å². The molecule has 2 aromatic carbocycles. The highest BCUT2D eigenvalue weighted by atomic mass is 35.5. The van der Waals surface area contributed by atoms with Gasteiger partial charge in [0, 0.05) is 17.5 Å². The minimum absolute atomic E-state index is 0.286. The van der Waals surface area contributed by atoms with Crippen molar-refractivity contribution in [1.29, 1.82) is 0 Å². The summed E-state index contributed by atoms with van der Waals surface area (Å²) >= 11 is 6.23. The summed E-state index contributed by atoms with van der Waals surface area (Å²) in [6.07, 6.45) is 2.87. The summed E-state index contributed by atoms with van der Waals surface area (Å²) in [4.78, 5) is 4.46. The van der Waals surface area contributed by atoms with Crippen LogP contribution in [0, 0.1) is 6.92 Å². The van der Waals surface area contributed by atoms with Gasteiger partial charge >= 0.3 is 0 Å². The minimum Gasteiger partial charge on any atom is -0.283 e. The minimum atomic E-state index is -3.21. The van der Waals surface area contributed by atoms with Crippen LogP contribution in [0.15, 0.2) is 59.6 Å². The summed E-state index contributed by atoms with van der Waals surface area (Å²) < 4.78 is 25.0. The number of aromatic nitrogens is 2. The molecule has 0 fully saturated rings. The van der Waals surface area contributed by atoms with Gasteiger partial charge in [-0.3, -0.25) is 4.57 Å². The first-order chi connectivity index (χ1) is 10.9. The van der Waals surface area contributed by atoms with E-state index in [1.807, 2.05) is 35.8 Å². The Morgan fingerprint density at radius 1 is 1.00 bits per heavy atom. The molecule has 0 bridgehead atoms. The largest absolute Gasteiger partial charge is 0.283 e. The molecule has 0 spiro atoms. The van der Waals surface area contributed by atoms with Crippen LogP contribution < -0.4 is 0 Å². The third-order valence-electron chi connectivity index (χ3n) is 3.59. The summed E-state index contributed by atoms with van der Waals surface area (Å²) in [5.74, 6) is 0. The fourth-order valence-corrected chi connectivity index (χ4v) is 3.21. The lowest BCUT2D eigenvalue weighted by Gasteiger charge is -2.10. The van der Waals surface area contributed by atoms with Gasteiger partial charge in [0.15, 0.2) is 9.84 Å². The Hall–Kier alpha value is -2.11. The molecule has 0 N–H and O–H groups in total. The van der Waals surface area contributed by atoms with Gasteiger partial charge in [-0.1, -0.05) is 29.8 Å². The van der Waals surface area contributed by atoms with Gasteiger partial charge in [-0.2, -0.15) is 0 Å². The van der Waals surface area contributed by atoms with Crippen LogP contribution in [0.25, 0.3) is 16.9 Å². The normalized spacial score (nSPS) is 11.6. The summed E-state index contributed by atoms with van der Waals surface area (Å²) in [6, 6.07) is 14.6. The second-order valence-electron chi connectivity index (χ2n) is 5.38. The van der Waals surface area contributed by atoms with Gasteiger partial charge in [0.25, 0.3) is 0 Å². The molecule has 0 atom stereocenters. The van der Waals surface area contributed by atoms with Gasteiger partial charge in [0.1, 0.15) is 0 Å². The molecular weight excluding hydrogens is 332 g/mol. The molecule has 1 heterocycles. The van der Waals surface area contributed by atoms with E-state index in [9.17, 15) is 8.42 Å². The molecule has 6 heteroatoms. The van der Waals surface area contributed by atoms with Crippen molar-refractivity contribution in [2.45, 2.75) is 11.8 Å². The van der Waals surface area contributed by atoms with Crippen molar-refractivity contribution < 1.29 is 8.42 Å². The quantitative estimate of drug-likeness (QED) is 0.722. The topological polar surface area (TPSA) is 52.0 Å². The third kappa shape index (κ3) is 3.16. The van der Waals surface area contributed by atoms with Crippen LogP contribution in [0.5, 0.6) is 0 Å². The first-order valence-corrected chi connectivity index (χ1v) is 9.24. The highest BCUT2D eigenvalue weighted by molar-refractivity contribution is 7.90. The lowest BCUT2D eigenvalue weighted by Crippen LogP contribution is -1.99. The maximum atomic E-state index is 11.6. The van der Waals surface area contributed by atoms with Crippen molar-refractivity contribution in [2.24, 2.45) is 0 Å². The van der Waals surface area contributed by atoms with Crippen LogP contribution >= 0.6 is 11.6 Å². The van der Waals surface area contributed by atoms with Gasteiger partial charge in [-0.05, 0) is 42.8 Å². The number of halogens is 1. The lowest BCUT2D eigenvalue weighted by atomic mass is 10.1. The number of nitrogens with zero attached hydrogens (tertiary/aromatic N) is 2. The van der Waals surface area contributed by atoms with E-state index in [1.165, 1.54) is 6.26 Å². The summed E-state index contributed by atoms with van der Waals surface area (Å²) in [5.41, 5.74) is 3.71. The van der Waals surface area contributed by atoms with Gasteiger partial charge in [0.2, 0.25) is 5.28 Å². The van der Waals surface area contributed by atoms with Gasteiger partial charge in [0.05, 0.1) is 16.8 Å². The first-order valence-electron chi connectivity index (χ1n) is 6.97. The lowest BCUT2D eigenvalue weighted by molar-refractivity contribution is 0.602. The predicted octanol–water partition coefficient (Wildman–Crippen LogP) is 3.90. The summed E-state index contributed by atoms with van der Waals surface area (Å²) in [7, 11) is -3.21. The van der Waals surface area contributed by atoms with E-state index >= 15 is 0 Å². The molecular formula is C17H15ClN2O2S. The SMILES string of the molecule is Cc1ccc(-n2c(-c3ccc(S(C)(=O)=O)cc3)cnc2Cl)cc1. The zero-order valence-corrected chi connectivity index (χ0v) is 14.3. The van der Waals surface area contributed by atoms with Gasteiger partial charge in [-0.25, -0.2) is 13.4 Å². The molecule has 1 aromatic heterocycles. The van der Waals surface area contributed by atoms with Crippen LogP contribution in [-0.4, -0.2) is 24.2 Å². The monoisotopic (exact) mass is 346 g/mol. The van der Waals surface area contributed by atoms with E-state index in [4.69, 9.17) is 11.6 Å². The van der Waals surface area contributed by atoms with Crippen LogP contribution in [0.1, 0.15) is 5.56 Å². The number of hydrogen-bond donors (Lipinski definition) is 0. The van der Waals surface area contributed by atoms with E-state index in [0.29, 0.717) is 5.28 Å². The van der Waals surface area contributed by atoms with Crippen LogP contribution in [0.4, 0.5) is 0 Å². The second kappa shape index (κ2) is 5.83. The average Bonchev–Trinajstić information content (AvgIpc) is 2.89. The Morgan fingerprint density at radius 2 is 1.61 bits per heavy atom. The van der Waals surface area contributed by atoms with Crippen LogP contribution in [-0.2, 0) is 9.84 Å². The van der Waals surface area contributed by atoms with Gasteiger partial charge < -0.3 is 0 Å². The molecule has 0 unspecified atom stereocenters. The number of imidazole rings is 1. The Bertz CT molecular complexity index is 943. The maximum Gasteiger partial charge on any atom is 0.207 e. The molecule has 0 aliphatic carbocycles. The summed E-state index contributed by atoms with van der Waals surface area (Å²) in [6.45, 7) is 2.02. The Morgan fingerprint density at radius 3 is 2.17 bits per heavy atom. The molecule has 0 saturated carbocycles. The molecule has 0 aliphatic heterocycles. The van der Waals surface area contributed by atoms with E-state index in [1.54, 1.807) is 30.5 Å². The van der Waals surface area contributed by atoms with E-state index in [2.05, 4.69) is 4.98 Å². The smallest absolute Gasteiger partial charge is 0.207 e. The molecule has 3 aromatic rings. The van der Waals surface area contributed by atoms with E-state index in [-0.39, 0.29) is 4.90 Å². The second-order valence-corrected chi connectivity index (χ2v) is 7.73. The standard InChI is InChI=1S/C17H15ClN2O2S/c1-12-3-7-14(8-4-12)20-16(11-19-17(20)18)13-5-9-15(10-6-13)23(2,21)22/h3-11H,1-2H3. The Kier molecular flexibility index (Phi) is 4.00. The van der Waals surface area contributed by atoms with Crippen molar-refractivity contribution in [3.63, 3.8) is 0 Å². The zero-order chi connectivity index (χ0) is 16.6. The molecule has 23 heavy (non-hydrogen) atoms. The van der Waals surface area contributed by atoms with Crippen molar-refractivity contribution in [1.82, 2.24) is 9.55 Å². The first kappa shape index (κ1) is 15.8. The number of sulfone groups is 1. The van der Waals surface area contributed by atoms with Crippen molar-refractivity contribution in [2.75, 3.05) is 6.26 Å². The van der Waals surface area contributed by atoms with Crippen molar-refractivity contribution in [3.8, 4) is 16.9 Å². The van der Waals surface area contributed by atoms with Crippen molar-refractivity contribution in [3.05, 3.63) is 65.6 Å². The van der Waals surface area contributed by atoms with Crippen LogP contribution in [0.3, 0.4) is 0 Å². The number of benzene rings is 2. The highest BCUT2D eigenvalue weighted by Crippen LogP contribution is 2.28. The molecule has 3 rings (SSSR count). The highest BCUT2D eigenvalue weighted by Gasteiger charge is 2.13. The number of aryl methyl sites for hydroxylation is 1. The Balaban J connectivity index is 2.10. The fraction of sp³-hybridized carbons (Fsp3) is 0.118. The molecule has 4 nitrogen and oxygen atoms in total. The predicted molar refractivity (Wildman–Crippen MR) is 91.9 cm³/mol. The molecule has 118 valence electrons.